The van der Waals surface area contributed by atoms with Crippen molar-refractivity contribution in [3.8, 4) is 11.5 Å². The molecule has 1 unspecified atom stereocenters. The first-order valence-electron chi connectivity index (χ1n) is 12.4. The lowest BCUT2D eigenvalue weighted by Gasteiger charge is -2.39. The van der Waals surface area contributed by atoms with Gasteiger partial charge in [-0.1, -0.05) is 78.9 Å². The molecule has 2 N–H and O–H groups in total. The minimum Gasteiger partial charge on any atom is -0.493 e. The predicted molar refractivity (Wildman–Crippen MR) is 147 cm³/mol. The second-order valence-corrected chi connectivity index (χ2v) is 8.99. The number of hydrogen-bond donors (Lipinski definition) is 2. The monoisotopic (exact) mass is 493 g/mol. The SMILES string of the molecule is COc1ccc(CCNC(=O)C2(c3ccccc3)Nc3ccccc3N2Cc2ccccc2)cc1OC. The quantitative estimate of drug-likeness (QED) is 0.329. The van der Waals surface area contributed by atoms with Crippen molar-refractivity contribution in [2.75, 3.05) is 31.0 Å². The van der Waals surface area contributed by atoms with Gasteiger partial charge in [0, 0.05) is 18.7 Å². The lowest BCUT2D eigenvalue weighted by atomic mass is 9.96. The number of rotatable bonds is 9. The summed E-state index contributed by atoms with van der Waals surface area (Å²) in [5.41, 5.74) is 3.88. The average molecular weight is 494 g/mol. The number of ether oxygens (including phenoxy) is 2. The Morgan fingerprint density at radius 3 is 2.22 bits per heavy atom. The number of nitrogens with zero attached hydrogens (tertiary/aromatic N) is 1. The molecule has 37 heavy (non-hydrogen) atoms. The maximum atomic E-state index is 14.2. The van der Waals surface area contributed by atoms with E-state index in [2.05, 4.69) is 33.7 Å². The minimum absolute atomic E-state index is 0.105. The zero-order valence-electron chi connectivity index (χ0n) is 21.1. The Morgan fingerprint density at radius 2 is 1.49 bits per heavy atom. The minimum atomic E-state index is -1.10. The molecule has 0 bridgehead atoms. The molecular weight excluding hydrogens is 462 g/mol. The Kier molecular flexibility index (Phi) is 6.99. The van der Waals surface area contributed by atoms with Crippen molar-refractivity contribution in [2.24, 2.45) is 0 Å². The van der Waals surface area contributed by atoms with Crippen LogP contribution in [0.4, 0.5) is 11.4 Å². The van der Waals surface area contributed by atoms with E-state index in [4.69, 9.17) is 9.47 Å². The van der Waals surface area contributed by atoms with Gasteiger partial charge in [0.15, 0.2) is 11.5 Å². The molecule has 0 saturated carbocycles. The summed E-state index contributed by atoms with van der Waals surface area (Å²) < 4.78 is 10.8. The molecule has 1 atom stereocenters. The number of fused-ring (bicyclic) bond motifs is 1. The molecule has 6 nitrogen and oxygen atoms in total. The molecule has 0 saturated heterocycles. The van der Waals surface area contributed by atoms with E-state index in [1.807, 2.05) is 84.9 Å². The van der Waals surface area contributed by atoms with Gasteiger partial charge in [-0.15, -0.1) is 0 Å². The van der Waals surface area contributed by atoms with Crippen molar-refractivity contribution in [2.45, 2.75) is 18.6 Å². The smallest absolute Gasteiger partial charge is 0.271 e. The van der Waals surface area contributed by atoms with Gasteiger partial charge in [-0.3, -0.25) is 4.79 Å². The summed E-state index contributed by atoms with van der Waals surface area (Å²) in [4.78, 5) is 16.4. The van der Waals surface area contributed by atoms with Gasteiger partial charge in [0.2, 0.25) is 5.66 Å². The summed E-state index contributed by atoms with van der Waals surface area (Å²) in [5, 5.41) is 6.81. The Bertz CT molecular complexity index is 1360. The molecule has 4 aromatic rings. The van der Waals surface area contributed by atoms with Crippen molar-refractivity contribution < 1.29 is 14.3 Å². The number of benzene rings is 4. The number of hydrogen-bond acceptors (Lipinski definition) is 5. The van der Waals surface area contributed by atoms with E-state index >= 15 is 0 Å². The third-order valence-corrected chi connectivity index (χ3v) is 6.77. The molecule has 0 aliphatic carbocycles. The molecule has 5 rings (SSSR count). The molecule has 0 fully saturated rings. The van der Waals surface area contributed by atoms with Crippen LogP contribution >= 0.6 is 0 Å². The standard InChI is InChI=1S/C31H31N3O3/c1-36-28-18-17-23(21-29(28)37-2)19-20-32-30(35)31(25-13-7-4-8-14-25)33-26-15-9-10-16-27(26)34(31)22-24-11-5-3-6-12-24/h3-18,21,33H,19-20,22H2,1-2H3,(H,32,35). The van der Waals surface area contributed by atoms with Crippen LogP contribution in [0.2, 0.25) is 0 Å². The Labute approximate surface area is 217 Å². The van der Waals surface area contributed by atoms with E-state index in [1.165, 1.54) is 0 Å². The highest BCUT2D eigenvalue weighted by molar-refractivity contribution is 5.99. The predicted octanol–water partition coefficient (Wildman–Crippen LogP) is 5.35. The maximum absolute atomic E-state index is 14.2. The number of amides is 1. The molecule has 1 aliphatic rings. The van der Waals surface area contributed by atoms with Gasteiger partial charge >= 0.3 is 0 Å². The van der Waals surface area contributed by atoms with Crippen molar-refractivity contribution in [3.05, 3.63) is 120 Å². The second kappa shape index (κ2) is 10.7. The second-order valence-electron chi connectivity index (χ2n) is 8.99. The lowest BCUT2D eigenvalue weighted by Crippen LogP contribution is -2.58. The van der Waals surface area contributed by atoms with Crippen LogP contribution in [-0.4, -0.2) is 26.7 Å². The van der Waals surface area contributed by atoms with E-state index in [9.17, 15) is 4.79 Å². The molecule has 1 heterocycles. The highest BCUT2D eigenvalue weighted by Gasteiger charge is 2.51. The largest absolute Gasteiger partial charge is 0.493 e. The summed E-state index contributed by atoms with van der Waals surface area (Å²) in [6, 6.07) is 34.1. The summed E-state index contributed by atoms with van der Waals surface area (Å²) in [6.45, 7) is 1.04. The zero-order chi connectivity index (χ0) is 25.7. The molecule has 1 amide bonds. The molecule has 0 radical (unpaired) electrons. The van der Waals surface area contributed by atoms with E-state index in [-0.39, 0.29) is 5.91 Å². The van der Waals surface area contributed by atoms with Gasteiger partial charge in [0.25, 0.3) is 5.91 Å². The van der Waals surface area contributed by atoms with Crippen LogP contribution in [0.15, 0.2) is 103 Å². The molecule has 0 aromatic heterocycles. The maximum Gasteiger partial charge on any atom is 0.271 e. The molecule has 0 spiro atoms. The van der Waals surface area contributed by atoms with Gasteiger partial charge in [-0.2, -0.15) is 0 Å². The van der Waals surface area contributed by atoms with Crippen LogP contribution in [-0.2, 0) is 23.4 Å². The number of para-hydroxylation sites is 2. The van der Waals surface area contributed by atoms with Gasteiger partial charge in [-0.25, -0.2) is 0 Å². The molecular formula is C31H31N3O3. The fourth-order valence-corrected chi connectivity index (χ4v) is 4.93. The van der Waals surface area contributed by atoms with Crippen LogP contribution in [0.3, 0.4) is 0 Å². The first kappa shape index (κ1) is 24.3. The van der Waals surface area contributed by atoms with Crippen molar-refractivity contribution >= 4 is 17.3 Å². The Morgan fingerprint density at radius 1 is 0.811 bits per heavy atom. The summed E-state index contributed by atoms with van der Waals surface area (Å²) in [5.74, 6) is 1.25. The first-order valence-corrected chi connectivity index (χ1v) is 12.4. The third-order valence-electron chi connectivity index (χ3n) is 6.77. The zero-order valence-corrected chi connectivity index (χ0v) is 21.1. The number of carbonyl (C=O) groups excluding carboxylic acids is 1. The van der Waals surface area contributed by atoms with Crippen molar-refractivity contribution in [1.82, 2.24) is 5.32 Å². The third kappa shape index (κ3) is 4.70. The highest BCUT2D eigenvalue weighted by atomic mass is 16.5. The fraction of sp³-hybridized carbons (Fsp3) is 0.194. The van der Waals surface area contributed by atoms with Crippen LogP contribution < -0.4 is 25.0 Å². The van der Waals surface area contributed by atoms with Gasteiger partial charge in [-0.05, 0) is 41.8 Å². The molecule has 6 heteroatoms. The summed E-state index contributed by atoms with van der Waals surface area (Å²) in [7, 11) is 3.24. The topological polar surface area (TPSA) is 62.8 Å². The van der Waals surface area contributed by atoms with Gasteiger partial charge in [0.05, 0.1) is 25.6 Å². The van der Waals surface area contributed by atoms with Crippen molar-refractivity contribution in [3.63, 3.8) is 0 Å². The first-order chi connectivity index (χ1) is 18.2. The van der Waals surface area contributed by atoms with E-state index in [0.717, 1.165) is 28.1 Å². The number of methoxy groups -OCH3 is 2. The van der Waals surface area contributed by atoms with Gasteiger partial charge in [0.1, 0.15) is 0 Å². The van der Waals surface area contributed by atoms with Crippen LogP contribution in [0.1, 0.15) is 16.7 Å². The molecule has 4 aromatic carbocycles. The highest BCUT2D eigenvalue weighted by Crippen LogP contribution is 2.46. The number of nitrogens with one attached hydrogen (secondary N) is 2. The normalized spacial score (nSPS) is 16.0. The summed E-state index contributed by atoms with van der Waals surface area (Å²) >= 11 is 0. The van der Waals surface area contributed by atoms with Crippen LogP contribution in [0.25, 0.3) is 0 Å². The summed E-state index contributed by atoms with van der Waals surface area (Å²) in [6.07, 6.45) is 0.655. The van der Waals surface area contributed by atoms with Crippen molar-refractivity contribution in [1.29, 1.82) is 0 Å². The lowest BCUT2D eigenvalue weighted by molar-refractivity contribution is -0.125. The molecule has 188 valence electrons. The number of anilines is 2. The fourth-order valence-electron chi connectivity index (χ4n) is 4.93. The van der Waals surface area contributed by atoms with Gasteiger partial charge < -0.3 is 25.0 Å². The Balaban J connectivity index is 1.46. The van der Waals surface area contributed by atoms with E-state index in [1.54, 1.807) is 14.2 Å². The van der Waals surface area contributed by atoms with Crippen LogP contribution in [0.5, 0.6) is 11.5 Å². The Hall–Kier alpha value is -4.45. The molecule has 1 aliphatic heterocycles. The van der Waals surface area contributed by atoms with E-state index in [0.29, 0.717) is 31.0 Å². The van der Waals surface area contributed by atoms with E-state index < -0.39 is 5.66 Å². The number of carbonyl (C=O) groups is 1. The average Bonchev–Trinajstić information content (AvgIpc) is 3.29. The van der Waals surface area contributed by atoms with Crippen LogP contribution in [0, 0.1) is 0 Å².